The lowest BCUT2D eigenvalue weighted by molar-refractivity contribution is 0.102. The summed E-state index contributed by atoms with van der Waals surface area (Å²) in [5, 5.41) is 3.18. The average molecular weight is 272 g/mol. The van der Waals surface area contributed by atoms with Crippen molar-refractivity contribution >= 4 is 22.4 Å². The van der Waals surface area contributed by atoms with Gasteiger partial charge in [-0.2, -0.15) is 0 Å². The van der Waals surface area contributed by atoms with Gasteiger partial charge in [0, 0.05) is 5.69 Å². The van der Waals surface area contributed by atoms with Gasteiger partial charge in [-0.05, 0) is 19.1 Å². The highest BCUT2D eigenvalue weighted by atomic mass is 32.1. The van der Waals surface area contributed by atoms with Crippen LogP contribution in [0.1, 0.15) is 21.1 Å². The van der Waals surface area contributed by atoms with E-state index in [1.807, 2.05) is 13.0 Å². The fraction of sp³-hybridized carbons (Fsp3) is 0.154. The zero-order valence-corrected chi connectivity index (χ0v) is 11.1. The van der Waals surface area contributed by atoms with Gasteiger partial charge >= 0.3 is 0 Å². The summed E-state index contributed by atoms with van der Waals surface area (Å²) in [6.07, 6.45) is 1.60. The molecule has 0 fully saturated rings. The van der Waals surface area contributed by atoms with E-state index in [1.165, 1.54) is 11.3 Å². The molecule has 0 aliphatic rings. The number of nitrogens with one attached hydrogen (secondary N) is 1. The van der Waals surface area contributed by atoms with Crippen LogP contribution in [-0.2, 0) is 0 Å². The zero-order chi connectivity index (χ0) is 13.7. The summed E-state index contributed by atoms with van der Waals surface area (Å²) in [5.74, 6) is 5.31. The quantitative estimate of drug-likeness (QED) is 0.810. The summed E-state index contributed by atoms with van der Waals surface area (Å²) in [7, 11) is 0. The average Bonchev–Trinajstić information content (AvgIpc) is 2.84. The Morgan fingerprint density at radius 3 is 3.11 bits per heavy atom. The number of anilines is 1. The second kappa shape index (κ2) is 6.09. The van der Waals surface area contributed by atoms with E-state index in [1.54, 1.807) is 18.3 Å². The molecule has 6 heteroatoms. The fourth-order valence-corrected chi connectivity index (χ4v) is 2.04. The molecule has 0 aliphatic carbocycles. The van der Waals surface area contributed by atoms with Gasteiger partial charge in [0.1, 0.15) is 5.69 Å². The van der Waals surface area contributed by atoms with Crippen LogP contribution in [0.15, 0.2) is 24.4 Å². The lowest BCUT2D eigenvalue weighted by atomic mass is 10.3. The summed E-state index contributed by atoms with van der Waals surface area (Å²) < 4.78 is 0. The highest BCUT2D eigenvalue weighted by Crippen LogP contribution is 2.17. The minimum atomic E-state index is -0.281. The van der Waals surface area contributed by atoms with Crippen molar-refractivity contribution in [2.75, 3.05) is 11.9 Å². The van der Waals surface area contributed by atoms with Crippen LogP contribution in [-0.4, -0.2) is 22.4 Å². The van der Waals surface area contributed by atoms with E-state index < -0.39 is 0 Å². The first kappa shape index (κ1) is 13.2. The molecule has 0 spiro atoms. The van der Waals surface area contributed by atoms with Gasteiger partial charge < -0.3 is 5.73 Å². The first-order valence-corrected chi connectivity index (χ1v) is 6.40. The number of rotatable bonds is 2. The van der Waals surface area contributed by atoms with Crippen LogP contribution in [0.2, 0.25) is 0 Å². The molecule has 0 unspecified atom stereocenters. The number of hydrogen-bond donors (Lipinski definition) is 2. The zero-order valence-electron chi connectivity index (χ0n) is 10.3. The molecule has 0 radical (unpaired) electrons. The molecule has 2 rings (SSSR count). The predicted octanol–water partition coefficient (Wildman–Crippen LogP) is 1.41. The molecule has 2 heterocycles. The second-order valence-electron chi connectivity index (χ2n) is 3.65. The minimum absolute atomic E-state index is 0.281. The molecule has 0 saturated carbocycles. The minimum Gasteiger partial charge on any atom is -0.320 e. The Kier molecular flexibility index (Phi) is 4.23. The third-order valence-corrected chi connectivity index (χ3v) is 2.99. The van der Waals surface area contributed by atoms with Crippen LogP contribution in [0.25, 0.3) is 0 Å². The number of carbonyl (C=O) groups excluding carboxylic acids is 1. The number of carbonyl (C=O) groups is 1. The number of pyridine rings is 1. The summed E-state index contributed by atoms with van der Waals surface area (Å²) in [6, 6.07) is 5.28. The lowest BCUT2D eigenvalue weighted by Gasteiger charge is -2.01. The Morgan fingerprint density at radius 2 is 2.37 bits per heavy atom. The van der Waals surface area contributed by atoms with Crippen LogP contribution in [0.5, 0.6) is 0 Å². The van der Waals surface area contributed by atoms with Crippen molar-refractivity contribution < 1.29 is 4.79 Å². The molecule has 0 atom stereocenters. The third-order valence-electron chi connectivity index (χ3n) is 2.16. The van der Waals surface area contributed by atoms with Crippen molar-refractivity contribution in [2.24, 2.45) is 5.73 Å². The topological polar surface area (TPSA) is 80.9 Å². The Bertz CT molecular complexity index is 654. The molecule has 2 aromatic heterocycles. The van der Waals surface area contributed by atoms with Gasteiger partial charge in [-0.25, -0.2) is 9.97 Å². The number of aryl methyl sites for hydroxylation is 1. The van der Waals surface area contributed by atoms with Crippen LogP contribution in [0, 0.1) is 18.8 Å². The van der Waals surface area contributed by atoms with Crippen LogP contribution < -0.4 is 11.1 Å². The molecule has 96 valence electrons. The summed E-state index contributed by atoms with van der Waals surface area (Å²) in [6.45, 7) is 2.13. The smallest absolute Gasteiger partial charge is 0.276 e. The van der Waals surface area contributed by atoms with Gasteiger partial charge in [-0.1, -0.05) is 29.2 Å². The number of thiazole rings is 1. The Morgan fingerprint density at radius 1 is 1.53 bits per heavy atom. The summed E-state index contributed by atoms with van der Waals surface area (Å²) in [5.41, 5.74) is 6.45. The highest BCUT2D eigenvalue weighted by Gasteiger charge is 2.09. The van der Waals surface area contributed by atoms with E-state index >= 15 is 0 Å². The Balaban J connectivity index is 2.09. The molecule has 0 aromatic carbocycles. The molecule has 5 nitrogen and oxygen atoms in total. The second-order valence-corrected chi connectivity index (χ2v) is 4.68. The SMILES string of the molecule is Cc1cccc(C(=O)Nc2ncc(C#CCN)s2)n1. The maximum absolute atomic E-state index is 11.9. The molecular weight excluding hydrogens is 260 g/mol. The lowest BCUT2D eigenvalue weighted by Crippen LogP contribution is -2.13. The monoisotopic (exact) mass is 272 g/mol. The molecule has 2 aromatic rings. The standard InChI is InChI=1S/C13H12N4OS/c1-9-4-2-6-11(16-9)12(18)17-13-15-8-10(19-13)5-3-7-14/h2,4,6,8H,7,14H2,1H3,(H,15,17,18). The van der Waals surface area contributed by atoms with Crippen LogP contribution in [0.4, 0.5) is 5.13 Å². The van der Waals surface area contributed by atoms with Gasteiger partial charge in [-0.15, -0.1) is 0 Å². The van der Waals surface area contributed by atoms with Gasteiger partial charge in [0.05, 0.1) is 17.6 Å². The first-order valence-electron chi connectivity index (χ1n) is 5.59. The molecule has 0 saturated heterocycles. The van der Waals surface area contributed by atoms with Gasteiger partial charge in [-0.3, -0.25) is 10.1 Å². The number of hydrogen-bond acceptors (Lipinski definition) is 5. The third kappa shape index (κ3) is 3.61. The van der Waals surface area contributed by atoms with E-state index in [0.29, 0.717) is 17.4 Å². The Hall–Kier alpha value is -2.23. The van der Waals surface area contributed by atoms with Crippen LogP contribution in [0.3, 0.4) is 0 Å². The number of aromatic nitrogens is 2. The normalized spacial score (nSPS) is 9.58. The number of nitrogens with zero attached hydrogens (tertiary/aromatic N) is 2. The van der Waals surface area contributed by atoms with Gasteiger partial charge in [0.2, 0.25) is 0 Å². The molecule has 0 bridgehead atoms. The first-order chi connectivity index (χ1) is 9.19. The molecular formula is C13H12N4OS. The van der Waals surface area contributed by atoms with Crippen molar-refractivity contribution in [1.82, 2.24) is 9.97 Å². The van der Waals surface area contributed by atoms with Gasteiger partial charge in [0.25, 0.3) is 5.91 Å². The van der Waals surface area contributed by atoms with Crippen molar-refractivity contribution in [3.05, 3.63) is 40.7 Å². The van der Waals surface area contributed by atoms with E-state index in [0.717, 1.165) is 10.6 Å². The Labute approximate surface area is 114 Å². The summed E-state index contributed by atoms with van der Waals surface area (Å²) in [4.78, 5) is 20.9. The van der Waals surface area contributed by atoms with E-state index in [2.05, 4.69) is 27.1 Å². The van der Waals surface area contributed by atoms with Crippen molar-refractivity contribution in [1.29, 1.82) is 0 Å². The summed E-state index contributed by atoms with van der Waals surface area (Å²) >= 11 is 1.30. The molecule has 1 amide bonds. The maximum atomic E-state index is 11.9. The van der Waals surface area contributed by atoms with Crippen molar-refractivity contribution in [3.8, 4) is 11.8 Å². The maximum Gasteiger partial charge on any atom is 0.276 e. The predicted molar refractivity (Wildman–Crippen MR) is 75.0 cm³/mol. The fourth-order valence-electron chi connectivity index (χ4n) is 1.36. The number of amides is 1. The largest absolute Gasteiger partial charge is 0.320 e. The molecule has 0 aliphatic heterocycles. The van der Waals surface area contributed by atoms with Crippen molar-refractivity contribution in [3.63, 3.8) is 0 Å². The van der Waals surface area contributed by atoms with Crippen LogP contribution >= 0.6 is 11.3 Å². The van der Waals surface area contributed by atoms with Gasteiger partial charge in [0.15, 0.2) is 5.13 Å². The number of nitrogens with two attached hydrogens (primary N) is 1. The van der Waals surface area contributed by atoms with E-state index in [-0.39, 0.29) is 5.91 Å². The van der Waals surface area contributed by atoms with Crippen molar-refractivity contribution in [2.45, 2.75) is 6.92 Å². The highest BCUT2D eigenvalue weighted by molar-refractivity contribution is 7.16. The molecule has 19 heavy (non-hydrogen) atoms. The molecule has 3 N–H and O–H groups in total. The van der Waals surface area contributed by atoms with E-state index in [9.17, 15) is 4.79 Å². The van der Waals surface area contributed by atoms with E-state index in [4.69, 9.17) is 5.73 Å².